The van der Waals surface area contributed by atoms with Gasteiger partial charge in [0.05, 0.1) is 7.11 Å². The van der Waals surface area contributed by atoms with Gasteiger partial charge >= 0.3 is 0 Å². The zero-order chi connectivity index (χ0) is 11.2. The van der Waals surface area contributed by atoms with Gasteiger partial charge in [-0.05, 0) is 46.7 Å². The maximum Gasteiger partial charge on any atom is 0.119 e. The Morgan fingerprint density at radius 2 is 1.69 bits per heavy atom. The van der Waals surface area contributed by atoms with Gasteiger partial charge in [-0.15, -0.1) is 0 Å². The van der Waals surface area contributed by atoms with Crippen molar-refractivity contribution in [3.8, 4) is 5.75 Å². The van der Waals surface area contributed by atoms with Crippen LogP contribution in [0.2, 0.25) is 0 Å². The van der Waals surface area contributed by atoms with Crippen molar-refractivity contribution >= 4 is 10.8 Å². The number of rotatable bonds is 2. The van der Waals surface area contributed by atoms with Gasteiger partial charge in [0.1, 0.15) is 5.75 Å². The normalized spacial score (nSPS) is 17.4. The fraction of sp³-hybridized carbons (Fsp3) is 0.333. The predicted molar refractivity (Wildman–Crippen MR) is 67.1 cm³/mol. The third kappa shape index (κ3) is 1.47. The molecule has 1 aliphatic carbocycles. The van der Waals surface area contributed by atoms with Crippen LogP contribution in [0.5, 0.6) is 5.75 Å². The second-order valence-corrected chi connectivity index (χ2v) is 4.99. The summed E-state index contributed by atoms with van der Waals surface area (Å²) in [4.78, 5) is 0. The lowest BCUT2D eigenvalue weighted by atomic mass is 9.95. The molecule has 1 fully saturated rings. The van der Waals surface area contributed by atoms with Crippen LogP contribution in [-0.4, -0.2) is 7.11 Å². The Kier molecular flexibility index (Phi) is 1.97. The quantitative estimate of drug-likeness (QED) is 0.733. The van der Waals surface area contributed by atoms with Crippen LogP contribution in [0.3, 0.4) is 0 Å². The van der Waals surface area contributed by atoms with Gasteiger partial charge in [0.2, 0.25) is 0 Å². The third-order valence-electron chi connectivity index (χ3n) is 3.74. The van der Waals surface area contributed by atoms with Crippen molar-refractivity contribution in [3.05, 3.63) is 42.0 Å². The molecule has 0 atom stereocenters. The summed E-state index contributed by atoms with van der Waals surface area (Å²) >= 11 is 0. The van der Waals surface area contributed by atoms with Crippen molar-refractivity contribution in [1.82, 2.24) is 0 Å². The van der Waals surface area contributed by atoms with Crippen LogP contribution in [0.15, 0.2) is 36.4 Å². The molecule has 0 amide bonds. The third-order valence-corrected chi connectivity index (χ3v) is 3.74. The van der Waals surface area contributed by atoms with E-state index in [9.17, 15) is 0 Å². The van der Waals surface area contributed by atoms with Crippen LogP contribution in [0.4, 0.5) is 0 Å². The largest absolute Gasteiger partial charge is 0.497 e. The minimum absolute atomic E-state index is 0.452. The average molecular weight is 212 g/mol. The van der Waals surface area contributed by atoms with E-state index in [-0.39, 0.29) is 0 Å². The summed E-state index contributed by atoms with van der Waals surface area (Å²) in [5.74, 6) is 0.929. The Hall–Kier alpha value is -1.50. The molecule has 0 aromatic heterocycles. The Balaban J connectivity index is 2.12. The Labute approximate surface area is 96.0 Å². The first-order chi connectivity index (χ1) is 7.71. The number of hydrogen-bond acceptors (Lipinski definition) is 1. The molecular formula is C15H16O. The molecule has 0 N–H and O–H groups in total. The highest BCUT2D eigenvalue weighted by Crippen LogP contribution is 2.48. The predicted octanol–water partition coefficient (Wildman–Crippen LogP) is 3.90. The zero-order valence-electron chi connectivity index (χ0n) is 9.79. The van der Waals surface area contributed by atoms with Crippen molar-refractivity contribution in [2.75, 3.05) is 7.11 Å². The number of benzene rings is 2. The molecule has 2 aromatic carbocycles. The van der Waals surface area contributed by atoms with E-state index in [2.05, 4.69) is 37.3 Å². The summed E-state index contributed by atoms with van der Waals surface area (Å²) in [7, 11) is 1.71. The molecule has 0 unspecified atom stereocenters. The van der Waals surface area contributed by atoms with Gasteiger partial charge in [-0.3, -0.25) is 0 Å². The van der Waals surface area contributed by atoms with Crippen LogP contribution in [-0.2, 0) is 5.41 Å². The second kappa shape index (κ2) is 3.24. The topological polar surface area (TPSA) is 9.23 Å². The fourth-order valence-corrected chi connectivity index (χ4v) is 2.20. The smallest absolute Gasteiger partial charge is 0.119 e. The number of hydrogen-bond donors (Lipinski definition) is 0. The first kappa shape index (κ1) is 9.71. The van der Waals surface area contributed by atoms with E-state index in [1.165, 1.54) is 29.2 Å². The highest BCUT2D eigenvalue weighted by Gasteiger charge is 2.38. The maximum atomic E-state index is 5.23. The van der Waals surface area contributed by atoms with Crippen molar-refractivity contribution in [2.24, 2.45) is 0 Å². The van der Waals surface area contributed by atoms with Gasteiger partial charge < -0.3 is 4.74 Å². The molecule has 0 bridgehead atoms. The second-order valence-electron chi connectivity index (χ2n) is 4.99. The molecule has 1 heteroatoms. The van der Waals surface area contributed by atoms with Gasteiger partial charge in [0, 0.05) is 0 Å². The lowest BCUT2D eigenvalue weighted by Crippen LogP contribution is -1.98. The molecule has 1 aliphatic rings. The van der Waals surface area contributed by atoms with Gasteiger partial charge in [0.15, 0.2) is 0 Å². The number of ether oxygens (including phenoxy) is 1. The van der Waals surface area contributed by atoms with E-state index in [4.69, 9.17) is 4.74 Å². The van der Waals surface area contributed by atoms with Crippen molar-refractivity contribution in [2.45, 2.75) is 25.2 Å². The van der Waals surface area contributed by atoms with E-state index >= 15 is 0 Å². The molecule has 0 heterocycles. The van der Waals surface area contributed by atoms with E-state index in [0.717, 1.165) is 5.75 Å². The molecule has 0 spiro atoms. The van der Waals surface area contributed by atoms with Crippen molar-refractivity contribution in [3.63, 3.8) is 0 Å². The summed E-state index contributed by atoms with van der Waals surface area (Å²) < 4.78 is 5.23. The summed E-state index contributed by atoms with van der Waals surface area (Å²) in [5.41, 5.74) is 1.93. The summed E-state index contributed by atoms with van der Waals surface area (Å²) in [5, 5.41) is 2.57. The van der Waals surface area contributed by atoms with E-state index in [0.29, 0.717) is 5.41 Å². The van der Waals surface area contributed by atoms with E-state index in [1.54, 1.807) is 7.11 Å². The van der Waals surface area contributed by atoms with E-state index < -0.39 is 0 Å². The summed E-state index contributed by atoms with van der Waals surface area (Å²) in [6, 6.07) is 13.0. The Morgan fingerprint density at radius 1 is 1.00 bits per heavy atom. The number of fused-ring (bicyclic) bond motifs is 1. The van der Waals surface area contributed by atoms with Gasteiger partial charge in [-0.1, -0.05) is 31.2 Å². The van der Waals surface area contributed by atoms with Crippen LogP contribution in [0.25, 0.3) is 10.8 Å². The summed E-state index contributed by atoms with van der Waals surface area (Å²) in [6.45, 7) is 2.34. The first-order valence-corrected chi connectivity index (χ1v) is 5.80. The van der Waals surface area contributed by atoms with Crippen LogP contribution < -0.4 is 4.74 Å². The van der Waals surface area contributed by atoms with Gasteiger partial charge in [0.25, 0.3) is 0 Å². The van der Waals surface area contributed by atoms with Gasteiger partial charge in [-0.25, -0.2) is 0 Å². The molecule has 1 saturated carbocycles. The van der Waals surface area contributed by atoms with E-state index in [1.807, 2.05) is 6.07 Å². The van der Waals surface area contributed by atoms with Crippen LogP contribution in [0, 0.1) is 0 Å². The molecule has 0 saturated heterocycles. The lowest BCUT2D eigenvalue weighted by Gasteiger charge is -2.10. The Bertz CT molecular complexity index is 538. The SMILES string of the molecule is COc1ccc2cc(C3(C)CC3)ccc2c1. The minimum atomic E-state index is 0.452. The van der Waals surface area contributed by atoms with Crippen LogP contribution >= 0.6 is 0 Å². The highest BCUT2D eigenvalue weighted by atomic mass is 16.5. The van der Waals surface area contributed by atoms with Crippen LogP contribution in [0.1, 0.15) is 25.3 Å². The molecule has 16 heavy (non-hydrogen) atoms. The molecule has 1 nitrogen and oxygen atoms in total. The van der Waals surface area contributed by atoms with Crippen molar-refractivity contribution in [1.29, 1.82) is 0 Å². The minimum Gasteiger partial charge on any atom is -0.497 e. The molecule has 2 aromatic rings. The zero-order valence-corrected chi connectivity index (χ0v) is 9.79. The molecule has 3 rings (SSSR count). The summed E-state index contributed by atoms with van der Waals surface area (Å²) in [6.07, 6.45) is 2.66. The fourth-order valence-electron chi connectivity index (χ4n) is 2.20. The lowest BCUT2D eigenvalue weighted by molar-refractivity contribution is 0.415. The average Bonchev–Trinajstić information content (AvgIpc) is 3.07. The molecule has 0 aliphatic heterocycles. The highest BCUT2D eigenvalue weighted by molar-refractivity contribution is 5.84. The Morgan fingerprint density at radius 3 is 2.38 bits per heavy atom. The monoisotopic (exact) mass is 212 g/mol. The van der Waals surface area contributed by atoms with Gasteiger partial charge in [-0.2, -0.15) is 0 Å². The first-order valence-electron chi connectivity index (χ1n) is 5.80. The molecule has 82 valence electrons. The molecular weight excluding hydrogens is 196 g/mol. The molecule has 0 radical (unpaired) electrons. The maximum absolute atomic E-state index is 5.23. The van der Waals surface area contributed by atoms with Crippen molar-refractivity contribution < 1.29 is 4.74 Å². The number of methoxy groups -OCH3 is 1. The standard InChI is InChI=1S/C15H16O/c1-15(7-8-15)13-5-3-12-10-14(16-2)6-4-11(12)9-13/h3-6,9-10H,7-8H2,1-2H3.